The molecule has 0 amide bonds. The average Bonchev–Trinajstić information content (AvgIpc) is 2.79. The van der Waals surface area contributed by atoms with Crippen molar-refractivity contribution in [3.8, 4) is 22.3 Å². The number of benzene rings is 3. The molecule has 3 aromatic rings. The molecular formula is C27H27F3O. The van der Waals surface area contributed by atoms with Gasteiger partial charge in [-0.2, -0.15) is 0 Å². The minimum atomic E-state index is -0.850. The van der Waals surface area contributed by atoms with Crippen LogP contribution in [0.5, 0.6) is 0 Å². The van der Waals surface area contributed by atoms with Gasteiger partial charge >= 0.3 is 0 Å². The Labute approximate surface area is 181 Å². The van der Waals surface area contributed by atoms with Crippen molar-refractivity contribution in [2.24, 2.45) is 5.92 Å². The van der Waals surface area contributed by atoms with E-state index in [1.165, 1.54) is 13.0 Å². The molecule has 2 unspecified atom stereocenters. The third-order valence-corrected chi connectivity index (χ3v) is 6.22. The Morgan fingerprint density at radius 1 is 0.839 bits per heavy atom. The monoisotopic (exact) mass is 424 g/mol. The number of hydrogen-bond acceptors (Lipinski definition) is 1. The molecule has 1 aliphatic rings. The summed E-state index contributed by atoms with van der Waals surface area (Å²) in [6.45, 7) is 4.40. The third-order valence-electron chi connectivity index (χ3n) is 6.22. The Hall–Kier alpha value is -2.59. The molecule has 4 heteroatoms. The second-order valence-electron chi connectivity index (χ2n) is 8.43. The number of ether oxygens (including phenoxy) is 1. The highest BCUT2D eigenvalue weighted by Gasteiger charge is 2.24. The van der Waals surface area contributed by atoms with Gasteiger partial charge in [0.05, 0.1) is 12.7 Å². The van der Waals surface area contributed by atoms with E-state index in [0.29, 0.717) is 23.7 Å². The van der Waals surface area contributed by atoms with E-state index < -0.39 is 11.6 Å². The number of rotatable bonds is 5. The van der Waals surface area contributed by atoms with Gasteiger partial charge in [-0.1, -0.05) is 61.9 Å². The summed E-state index contributed by atoms with van der Waals surface area (Å²) in [4.78, 5) is 0. The van der Waals surface area contributed by atoms with Crippen molar-refractivity contribution < 1.29 is 17.9 Å². The summed E-state index contributed by atoms with van der Waals surface area (Å²) in [6.07, 6.45) is 4.02. The average molecular weight is 425 g/mol. The normalized spacial score (nSPS) is 18.9. The van der Waals surface area contributed by atoms with Crippen molar-refractivity contribution in [3.63, 3.8) is 0 Å². The van der Waals surface area contributed by atoms with Gasteiger partial charge in [-0.3, -0.25) is 0 Å². The van der Waals surface area contributed by atoms with Crippen LogP contribution in [-0.4, -0.2) is 6.61 Å². The topological polar surface area (TPSA) is 9.23 Å². The number of aryl methyl sites for hydroxylation is 1. The molecule has 0 aromatic heterocycles. The van der Waals surface area contributed by atoms with E-state index >= 15 is 0 Å². The van der Waals surface area contributed by atoms with Gasteiger partial charge in [-0.15, -0.1) is 0 Å². The van der Waals surface area contributed by atoms with Crippen LogP contribution in [0.15, 0.2) is 54.6 Å². The van der Waals surface area contributed by atoms with E-state index in [1.54, 1.807) is 42.5 Å². The minimum absolute atomic E-state index is 0.191. The van der Waals surface area contributed by atoms with E-state index in [4.69, 9.17) is 4.74 Å². The molecule has 31 heavy (non-hydrogen) atoms. The lowest BCUT2D eigenvalue weighted by Gasteiger charge is -2.29. The summed E-state index contributed by atoms with van der Waals surface area (Å²) < 4.78 is 49.0. The van der Waals surface area contributed by atoms with Crippen LogP contribution < -0.4 is 0 Å². The van der Waals surface area contributed by atoms with Gasteiger partial charge in [0.1, 0.15) is 5.82 Å². The fourth-order valence-corrected chi connectivity index (χ4v) is 4.37. The first-order valence-electron chi connectivity index (χ1n) is 10.9. The van der Waals surface area contributed by atoms with Gasteiger partial charge in [0.25, 0.3) is 0 Å². The van der Waals surface area contributed by atoms with E-state index in [-0.39, 0.29) is 23.0 Å². The minimum Gasteiger partial charge on any atom is -0.373 e. The van der Waals surface area contributed by atoms with Crippen LogP contribution in [0.1, 0.15) is 49.8 Å². The molecule has 0 spiro atoms. The molecule has 0 aliphatic carbocycles. The highest BCUT2D eigenvalue weighted by molar-refractivity contribution is 5.71. The largest absolute Gasteiger partial charge is 0.373 e. The first kappa shape index (κ1) is 21.6. The lowest BCUT2D eigenvalue weighted by Crippen LogP contribution is -2.21. The van der Waals surface area contributed by atoms with Gasteiger partial charge in [0.2, 0.25) is 0 Å². The molecule has 4 rings (SSSR count). The molecule has 1 saturated heterocycles. The predicted octanol–water partition coefficient (Wildman–Crippen LogP) is 8.01. The number of hydrogen-bond donors (Lipinski definition) is 0. The van der Waals surface area contributed by atoms with Gasteiger partial charge < -0.3 is 4.74 Å². The summed E-state index contributed by atoms with van der Waals surface area (Å²) in [5.41, 5.74) is 3.23. The quantitative estimate of drug-likeness (QED) is 0.403. The molecule has 162 valence electrons. The van der Waals surface area contributed by atoms with Crippen LogP contribution >= 0.6 is 0 Å². The van der Waals surface area contributed by atoms with Crippen molar-refractivity contribution in [1.82, 2.24) is 0 Å². The van der Waals surface area contributed by atoms with Crippen LogP contribution in [-0.2, 0) is 4.74 Å². The number of halogens is 3. The Balaban J connectivity index is 1.52. The van der Waals surface area contributed by atoms with Crippen molar-refractivity contribution in [1.29, 1.82) is 0 Å². The molecule has 0 bridgehead atoms. The highest BCUT2D eigenvalue weighted by atomic mass is 19.2. The Morgan fingerprint density at radius 2 is 1.55 bits per heavy atom. The maximum Gasteiger partial charge on any atom is 0.166 e. The predicted molar refractivity (Wildman–Crippen MR) is 118 cm³/mol. The van der Waals surface area contributed by atoms with Crippen LogP contribution in [0.4, 0.5) is 13.2 Å². The molecule has 2 atom stereocenters. The van der Waals surface area contributed by atoms with E-state index in [2.05, 4.69) is 6.92 Å². The third kappa shape index (κ3) is 4.54. The van der Waals surface area contributed by atoms with Crippen molar-refractivity contribution >= 4 is 0 Å². The molecule has 0 N–H and O–H groups in total. The first-order valence-corrected chi connectivity index (χ1v) is 10.9. The summed E-state index contributed by atoms with van der Waals surface area (Å²) in [5.74, 6) is -1.37. The van der Waals surface area contributed by atoms with Crippen LogP contribution in [0.2, 0.25) is 0 Å². The van der Waals surface area contributed by atoms with E-state index in [9.17, 15) is 13.2 Å². The smallest absolute Gasteiger partial charge is 0.166 e. The fraction of sp³-hybridized carbons (Fsp3) is 0.333. The Bertz CT molecular complexity index is 1050. The summed E-state index contributed by atoms with van der Waals surface area (Å²) >= 11 is 0. The maximum atomic E-state index is 14.9. The van der Waals surface area contributed by atoms with Crippen molar-refractivity contribution in [2.45, 2.75) is 45.6 Å². The molecule has 1 fully saturated rings. The van der Waals surface area contributed by atoms with Gasteiger partial charge in [-0.25, -0.2) is 13.2 Å². The zero-order chi connectivity index (χ0) is 22.0. The Kier molecular flexibility index (Phi) is 6.47. The van der Waals surface area contributed by atoms with Crippen molar-refractivity contribution in [2.75, 3.05) is 6.61 Å². The second kappa shape index (κ2) is 9.27. The lowest BCUT2D eigenvalue weighted by molar-refractivity contribution is -0.0211. The van der Waals surface area contributed by atoms with Crippen LogP contribution in [0.3, 0.4) is 0 Å². The van der Waals surface area contributed by atoms with Gasteiger partial charge in [-0.05, 0) is 60.4 Å². The standard InChI is InChI=1S/C27H27F3O/c1-3-4-18-6-14-25(31-16-18)23-13-11-21(15-24(23)28)19-7-9-20(10-8-19)22-12-5-17(2)26(29)27(22)30/h5,7-13,15,18,25H,3-4,6,14,16H2,1-2H3. The van der Waals surface area contributed by atoms with Gasteiger partial charge in [0, 0.05) is 11.1 Å². The molecule has 1 nitrogen and oxygen atoms in total. The highest BCUT2D eigenvalue weighted by Crippen LogP contribution is 2.35. The van der Waals surface area contributed by atoms with Crippen LogP contribution in [0, 0.1) is 30.3 Å². The molecule has 3 aromatic carbocycles. The lowest BCUT2D eigenvalue weighted by atomic mass is 9.91. The van der Waals surface area contributed by atoms with E-state index in [1.807, 2.05) is 6.07 Å². The summed E-state index contributed by atoms with van der Waals surface area (Å²) in [7, 11) is 0. The maximum absolute atomic E-state index is 14.9. The fourth-order valence-electron chi connectivity index (χ4n) is 4.37. The molecule has 0 saturated carbocycles. The van der Waals surface area contributed by atoms with E-state index in [0.717, 1.165) is 36.8 Å². The molecule has 0 radical (unpaired) electrons. The Morgan fingerprint density at radius 3 is 2.19 bits per heavy atom. The molecule has 1 aliphatic heterocycles. The second-order valence-corrected chi connectivity index (χ2v) is 8.43. The molecular weight excluding hydrogens is 397 g/mol. The van der Waals surface area contributed by atoms with Crippen LogP contribution in [0.25, 0.3) is 22.3 Å². The molecule has 1 heterocycles. The van der Waals surface area contributed by atoms with Gasteiger partial charge in [0.15, 0.2) is 11.6 Å². The SMILES string of the molecule is CCCC1CCC(c2ccc(-c3ccc(-c4ccc(C)c(F)c4F)cc3)cc2F)OC1. The first-order chi connectivity index (χ1) is 15.0. The summed E-state index contributed by atoms with van der Waals surface area (Å²) in [6, 6.07) is 15.4. The van der Waals surface area contributed by atoms with Crippen molar-refractivity contribution in [3.05, 3.63) is 83.2 Å². The zero-order valence-corrected chi connectivity index (χ0v) is 17.9. The zero-order valence-electron chi connectivity index (χ0n) is 17.9. The summed E-state index contributed by atoms with van der Waals surface area (Å²) in [5, 5.41) is 0.